The highest BCUT2D eigenvalue weighted by atomic mass is 16.6. The molecule has 1 unspecified atom stereocenters. The van der Waals surface area contributed by atoms with Crippen molar-refractivity contribution in [2.24, 2.45) is 0 Å². The first-order valence-electron chi connectivity index (χ1n) is 9.82. The molecule has 1 N–H and O–H groups in total. The maximum Gasteiger partial charge on any atom is 0.162 e. The Morgan fingerprint density at radius 2 is 1.54 bits per heavy atom. The van der Waals surface area contributed by atoms with Crippen molar-refractivity contribution in [1.29, 1.82) is 0 Å². The number of hydrogen-bond acceptors (Lipinski definition) is 3. The molecular weight excluding hydrogens is 324 g/mol. The van der Waals surface area contributed by atoms with Crippen LogP contribution in [0.3, 0.4) is 0 Å². The molecule has 26 heavy (non-hydrogen) atoms. The predicted octanol–water partition coefficient (Wildman–Crippen LogP) is 6.23. The SMILES string of the molecule is CC(O)c1ccc([C@H]2COc3ccccc3O2)cc1.CCCCCCC. The van der Waals surface area contributed by atoms with E-state index in [0.717, 1.165) is 22.6 Å². The van der Waals surface area contributed by atoms with Gasteiger partial charge in [-0.15, -0.1) is 0 Å². The molecule has 0 saturated heterocycles. The van der Waals surface area contributed by atoms with Gasteiger partial charge in [-0.1, -0.05) is 82.3 Å². The molecule has 0 spiro atoms. The number of rotatable bonds is 6. The van der Waals surface area contributed by atoms with E-state index in [2.05, 4.69) is 13.8 Å². The van der Waals surface area contributed by atoms with Gasteiger partial charge in [0.25, 0.3) is 0 Å². The molecule has 0 bridgehead atoms. The summed E-state index contributed by atoms with van der Waals surface area (Å²) in [5, 5.41) is 9.50. The summed E-state index contributed by atoms with van der Waals surface area (Å²) in [5.41, 5.74) is 1.96. The van der Waals surface area contributed by atoms with E-state index < -0.39 is 6.10 Å². The van der Waals surface area contributed by atoms with Crippen molar-refractivity contribution in [3.63, 3.8) is 0 Å². The van der Waals surface area contributed by atoms with E-state index in [9.17, 15) is 5.11 Å². The third kappa shape index (κ3) is 6.06. The molecule has 0 saturated carbocycles. The zero-order valence-electron chi connectivity index (χ0n) is 16.3. The van der Waals surface area contributed by atoms with Crippen LogP contribution in [0.5, 0.6) is 11.5 Å². The van der Waals surface area contributed by atoms with Crippen molar-refractivity contribution in [3.05, 3.63) is 59.7 Å². The van der Waals surface area contributed by atoms with Gasteiger partial charge in [0.1, 0.15) is 6.61 Å². The van der Waals surface area contributed by atoms with Crippen LogP contribution in [-0.2, 0) is 0 Å². The van der Waals surface area contributed by atoms with E-state index in [-0.39, 0.29) is 6.10 Å². The summed E-state index contributed by atoms with van der Waals surface area (Å²) in [7, 11) is 0. The third-order valence-electron chi connectivity index (χ3n) is 4.51. The Labute approximate surface area is 158 Å². The van der Waals surface area contributed by atoms with Crippen LogP contribution in [-0.4, -0.2) is 11.7 Å². The van der Waals surface area contributed by atoms with Gasteiger partial charge in [-0.2, -0.15) is 0 Å². The van der Waals surface area contributed by atoms with Gasteiger partial charge in [-0.05, 0) is 30.2 Å². The third-order valence-corrected chi connectivity index (χ3v) is 4.51. The quantitative estimate of drug-likeness (QED) is 0.624. The normalized spacial score (nSPS) is 16.4. The lowest BCUT2D eigenvalue weighted by atomic mass is 10.0. The van der Waals surface area contributed by atoms with Crippen LogP contribution in [0.1, 0.15) is 76.2 Å². The Kier molecular flexibility index (Phi) is 8.49. The van der Waals surface area contributed by atoms with E-state index in [1.807, 2.05) is 48.5 Å². The molecule has 1 aliphatic rings. The summed E-state index contributed by atoms with van der Waals surface area (Å²) < 4.78 is 11.6. The molecule has 3 nitrogen and oxygen atoms in total. The van der Waals surface area contributed by atoms with Crippen LogP contribution in [0.2, 0.25) is 0 Å². The minimum absolute atomic E-state index is 0.0991. The molecule has 3 rings (SSSR count). The molecule has 1 heterocycles. The molecule has 142 valence electrons. The number of para-hydroxylation sites is 2. The highest BCUT2D eigenvalue weighted by Gasteiger charge is 2.22. The zero-order chi connectivity index (χ0) is 18.8. The highest BCUT2D eigenvalue weighted by Crippen LogP contribution is 2.35. The summed E-state index contributed by atoms with van der Waals surface area (Å²) in [6, 6.07) is 15.5. The molecular formula is C23H32O3. The first-order chi connectivity index (χ1) is 12.7. The molecule has 0 radical (unpaired) electrons. The minimum atomic E-state index is -0.446. The minimum Gasteiger partial charge on any atom is -0.485 e. The smallest absolute Gasteiger partial charge is 0.162 e. The summed E-state index contributed by atoms with van der Waals surface area (Å²) in [5.74, 6) is 1.57. The number of fused-ring (bicyclic) bond motifs is 1. The van der Waals surface area contributed by atoms with Crippen LogP contribution in [0.15, 0.2) is 48.5 Å². The van der Waals surface area contributed by atoms with Crippen LogP contribution in [0, 0.1) is 0 Å². The van der Waals surface area contributed by atoms with E-state index in [0.29, 0.717) is 6.61 Å². The first kappa shape index (κ1) is 20.3. The summed E-state index contributed by atoms with van der Waals surface area (Å²) >= 11 is 0. The van der Waals surface area contributed by atoms with Crippen molar-refractivity contribution >= 4 is 0 Å². The van der Waals surface area contributed by atoms with Crippen molar-refractivity contribution in [2.45, 2.75) is 65.1 Å². The predicted molar refractivity (Wildman–Crippen MR) is 107 cm³/mol. The van der Waals surface area contributed by atoms with E-state index in [1.54, 1.807) is 6.92 Å². The van der Waals surface area contributed by atoms with Gasteiger partial charge in [0.05, 0.1) is 6.10 Å². The lowest BCUT2D eigenvalue weighted by Crippen LogP contribution is -2.21. The molecule has 0 aliphatic carbocycles. The van der Waals surface area contributed by atoms with Gasteiger partial charge in [-0.25, -0.2) is 0 Å². The van der Waals surface area contributed by atoms with E-state index in [1.165, 1.54) is 32.1 Å². The zero-order valence-corrected chi connectivity index (χ0v) is 16.3. The second kappa shape index (κ2) is 10.9. The lowest BCUT2D eigenvalue weighted by Gasteiger charge is -2.26. The van der Waals surface area contributed by atoms with Gasteiger partial charge in [0.2, 0.25) is 0 Å². The van der Waals surface area contributed by atoms with Crippen LogP contribution in [0.4, 0.5) is 0 Å². The number of ether oxygens (including phenoxy) is 2. The molecule has 0 fully saturated rings. The van der Waals surface area contributed by atoms with Crippen molar-refractivity contribution in [2.75, 3.05) is 6.61 Å². The van der Waals surface area contributed by atoms with Crippen molar-refractivity contribution in [1.82, 2.24) is 0 Å². The van der Waals surface area contributed by atoms with Crippen LogP contribution in [0.25, 0.3) is 0 Å². The maximum absolute atomic E-state index is 9.50. The number of benzene rings is 2. The molecule has 2 aromatic rings. The molecule has 2 atom stereocenters. The summed E-state index contributed by atoms with van der Waals surface area (Å²) in [4.78, 5) is 0. The molecule has 0 aromatic heterocycles. The summed E-state index contributed by atoms with van der Waals surface area (Å²) in [6.07, 6.45) is 6.46. The first-order valence-corrected chi connectivity index (χ1v) is 9.82. The van der Waals surface area contributed by atoms with Gasteiger partial charge in [0.15, 0.2) is 17.6 Å². The second-order valence-corrected chi connectivity index (χ2v) is 6.77. The highest BCUT2D eigenvalue weighted by molar-refractivity contribution is 5.41. The Morgan fingerprint density at radius 3 is 2.12 bits per heavy atom. The fourth-order valence-electron chi connectivity index (χ4n) is 2.85. The fraction of sp³-hybridized carbons (Fsp3) is 0.478. The number of hydrogen-bond donors (Lipinski definition) is 1. The number of unbranched alkanes of at least 4 members (excludes halogenated alkanes) is 4. The Bertz CT molecular complexity index is 630. The number of aliphatic hydroxyl groups excluding tert-OH is 1. The number of aliphatic hydroxyl groups is 1. The van der Waals surface area contributed by atoms with Gasteiger partial charge >= 0.3 is 0 Å². The van der Waals surface area contributed by atoms with Crippen LogP contribution < -0.4 is 9.47 Å². The fourth-order valence-corrected chi connectivity index (χ4v) is 2.85. The van der Waals surface area contributed by atoms with Gasteiger partial charge < -0.3 is 14.6 Å². The van der Waals surface area contributed by atoms with Gasteiger partial charge in [-0.3, -0.25) is 0 Å². The molecule has 1 aliphatic heterocycles. The average molecular weight is 357 g/mol. The van der Waals surface area contributed by atoms with Gasteiger partial charge in [0, 0.05) is 0 Å². The second-order valence-electron chi connectivity index (χ2n) is 6.77. The monoisotopic (exact) mass is 356 g/mol. The maximum atomic E-state index is 9.50. The van der Waals surface area contributed by atoms with E-state index in [4.69, 9.17) is 9.47 Å². The largest absolute Gasteiger partial charge is 0.485 e. The van der Waals surface area contributed by atoms with Crippen molar-refractivity contribution < 1.29 is 14.6 Å². The topological polar surface area (TPSA) is 38.7 Å². The average Bonchev–Trinajstić information content (AvgIpc) is 2.68. The Hall–Kier alpha value is -2.00. The molecule has 0 amide bonds. The standard InChI is InChI=1S/C16H16O3.C7H16/c1-11(17)12-6-8-13(9-7-12)16-10-18-14-4-2-3-5-15(14)19-16;1-3-5-7-6-4-2/h2-9,11,16-17H,10H2,1H3;3-7H2,1-2H3/t11?,16-;/m1./s1. The molecule has 3 heteroatoms. The van der Waals surface area contributed by atoms with Crippen LogP contribution >= 0.6 is 0 Å². The summed E-state index contributed by atoms with van der Waals surface area (Å²) in [6.45, 7) is 6.75. The van der Waals surface area contributed by atoms with E-state index >= 15 is 0 Å². The Morgan fingerprint density at radius 1 is 0.923 bits per heavy atom. The lowest BCUT2D eigenvalue weighted by molar-refractivity contribution is 0.0912. The van der Waals surface area contributed by atoms with Crippen molar-refractivity contribution in [3.8, 4) is 11.5 Å². The Balaban J connectivity index is 0.000000298. The molecule has 2 aromatic carbocycles.